The highest BCUT2D eigenvalue weighted by Gasteiger charge is 2.19. The van der Waals surface area contributed by atoms with E-state index in [9.17, 15) is 19.2 Å². The van der Waals surface area contributed by atoms with Gasteiger partial charge in [0.1, 0.15) is 12.1 Å². The largest absolute Gasteiger partial charge is 0.354 e. The van der Waals surface area contributed by atoms with E-state index in [4.69, 9.17) is 0 Å². The average molecular weight is 449 g/mol. The summed E-state index contributed by atoms with van der Waals surface area (Å²) in [6.45, 7) is 7.96. The van der Waals surface area contributed by atoms with Gasteiger partial charge in [-0.1, -0.05) is 13.8 Å². The van der Waals surface area contributed by atoms with E-state index in [1.807, 2.05) is 13.8 Å². The molecule has 0 aliphatic rings. The maximum atomic E-state index is 12.1. The molecule has 0 aromatic heterocycles. The molecule has 0 aromatic carbocycles. The lowest BCUT2D eigenvalue weighted by Crippen LogP contribution is -2.46. The zero-order valence-corrected chi connectivity index (χ0v) is 19.6. The summed E-state index contributed by atoms with van der Waals surface area (Å²) in [4.78, 5) is 46.8. The van der Waals surface area contributed by atoms with Crippen LogP contribution in [0.2, 0.25) is 0 Å². The third-order valence-corrected chi connectivity index (χ3v) is 6.14. The average Bonchev–Trinajstić information content (AvgIpc) is 2.66. The van der Waals surface area contributed by atoms with E-state index in [2.05, 4.69) is 21.3 Å². The Morgan fingerprint density at radius 2 is 1.10 bits per heavy atom. The third kappa shape index (κ3) is 15.1. The summed E-state index contributed by atoms with van der Waals surface area (Å²) >= 11 is 3.36. The van der Waals surface area contributed by atoms with Crippen LogP contribution >= 0.6 is 23.5 Å². The number of thioether (sulfide) groups is 2. The Balaban J connectivity index is 4.16. The van der Waals surface area contributed by atoms with Crippen molar-refractivity contribution in [3.05, 3.63) is 0 Å². The molecule has 8 nitrogen and oxygen atoms in total. The first-order valence-electron chi connectivity index (χ1n) is 10.1. The highest BCUT2D eigenvalue weighted by atomic mass is 32.2. The van der Waals surface area contributed by atoms with Crippen LogP contribution in [0.5, 0.6) is 0 Å². The molecule has 2 atom stereocenters. The molecule has 0 spiro atoms. The van der Waals surface area contributed by atoms with E-state index in [0.29, 0.717) is 25.9 Å². The van der Waals surface area contributed by atoms with Crippen molar-refractivity contribution >= 4 is 47.2 Å². The summed E-state index contributed by atoms with van der Waals surface area (Å²) in [5, 5.41) is 11.8. The zero-order chi connectivity index (χ0) is 22.1. The molecular weight excluding hydrogens is 412 g/mol. The minimum Gasteiger partial charge on any atom is -0.354 e. The van der Waals surface area contributed by atoms with Gasteiger partial charge >= 0.3 is 0 Å². The second-order valence-corrected chi connectivity index (χ2v) is 9.18. The number of carbonyl (C=O) groups is 4. The SMILES string of the molecule is CCCNC(=O)C(CCSCSCCC(NC(C)=O)C(=O)NCCC)NC(C)=O. The smallest absolute Gasteiger partial charge is 0.242 e. The van der Waals surface area contributed by atoms with Crippen molar-refractivity contribution in [3.63, 3.8) is 0 Å². The molecule has 0 aromatic rings. The molecule has 0 rings (SSSR count). The Labute approximate surface area is 182 Å². The fraction of sp³-hybridized carbons (Fsp3) is 0.789. The normalized spacial score (nSPS) is 12.6. The van der Waals surface area contributed by atoms with Gasteiger partial charge in [0.15, 0.2) is 0 Å². The van der Waals surface area contributed by atoms with Crippen LogP contribution in [-0.4, -0.2) is 65.4 Å². The standard InChI is InChI=1S/C19H36N4O4S2/c1-5-9-20-18(26)16(22-14(3)24)7-11-28-13-29-12-8-17(23-15(4)25)19(27)21-10-6-2/h16-17H,5-13H2,1-4H3,(H,20,26)(H,21,27)(H,22,24)(H,23,25). The fourth-order valence-corrected chi connectivity index (χ4v) is 4.57. The van der Waals surface area contributed by atoms with Crippen molar-refractivity contribution in [1.29, 1.82) is 0 Å². The number of hydrogen-bond donors (Lipinski definition) is 4. The van der Waals surface area contributed by atoms with Gasteiger partial charge in [0, 0.05) is 32.0 Å². The Kier molecular flexibility index (Phi) is 16.6. The molecule has 0 saturated heterocycles. The molecule has 10 heteroatoms. The number of amides is 4. The molecule has 0 bridgehead atoms. The van der Waals surface area contributed by atoms with Crippen LogP contribution in [0.25, 0.3) is 0 Å². The maximum Gasteiger partial charge on any atom is 0.242 e. The minimum atomic E-state index is -0.511. The first-order chi connectivity index (χ1) is 13.8. The van der Waals surface area contributed by atoms with E-state index in [-0.39, 0.29) is 23.6 Å². The molecule has 0 aliphatic heterocycles. The van der Waals surface area contributed by atoms with Crippen molar-refractivity contribution in [3.8, 4) is 0 Å². The van der Waals surface area contributed by atoms with E-state index < -0.39 is 12.1 Å². The van der Waals surface area contributed by atoms with Gasteiger partial charge in [-0.05, 0) is 37.2 Å². The molecule has 29 heavy (non-hydrogen) atoms. The molecule has 0 saturated carbocycles. The van der Waals surface area contributed by atoms with Crippen LogP contribution in [0.4, 0.5) is 0 Å². The second-order valence-electron chi connectivity index (χ2n) is 6.60. The minimum absolute atomic E-state index is 0.147. The van der Waals surface area contributed by atoms with Crippen molar-refractivity contribution in [1.82, 2.24) is 21.3 Å². The highest BCUT2D eigenvalue weighted by molar-refractivity contribution is 8.15. The van der Waals surface area contributed by atoms with Crippen LogP contribution in [-0.2, 0) is 19.2 Å². The molecule has 168 valence electrons. The Bertz CT molecular complexity index is 476. The van der Waals surface area contributed by atoms with E-state index in [0.717, 1.165) is 29.4 Å². The van der Waals surface area contributed by atoms with Gasteiger partial charge < -0.3 is 21.3 Å². The molecule has 0 heterocycles. The first kappa shape index (κ1) is 27.6. The Hall–Kier alpha value is -1.42. The van der Waals surface area contributed by atoms with Crippen LogP contribution in [0.3, 0.4) is 0 Å². The molecular formula is C19H36N4O4S2. The van der Waals surface area contributed by atoms with Gasteiger partial charge in [0.25, 0.3) is 0 Å². The van der Waals surface area contributed by atoms with Crippen LogP contribution < -0.4 is 21.3 Å². The second kappa shape index (κ2) is 17.4. The summed E-state index contributed by atoms with van der Waals surface area (Å²) in [5.41, 5.74) is 0. The lowest BCUT2D eigenvalue weighted by molar-refractivity contribution is -0.128. The van der Waals surface area contributed by atoms with Crippen molar-refractivity contribution in [2.75, 3.05) is 29.7 Å². The van der Waals surface area contributed by atoms with E-state index in [1.54, 1.807) is 23.5 Å². The number of nitrogens with one attached hydrogen (secondary N) is 4. The lowest BCUT2D eigenvalue weighted by atomic mass is 10.2. The predicted octanol–water partition coefficient (Wildman–Crippen LogP) is 1.25. The summed E-state index contributed by atoms with van der Waals surface area (Å²) in [6.07, 6.45) is 2.82. The lowest BCUT2D eigenvalue weighted by Gasteiger charge is -2.18. The summed E-state index contributed by atoms with van der Waals surface area (Å²) in [5.74, 6) is 0.753. The van der Waals surface area contributed by atoms with Crippen LogP contribution in [0, 0.1) is 0 Å². The first-order valence-corrected chi connectivity index (χ1v) is 12.4. The summed E-state index contributed by atoms with van der Waals surface area (Å²) in [7, 11) is 0. The molecule has 0 aliphatic carbocycles. The van der Waals surface area contributed by atoms with Gasteiger partial charge in [-0.2, -0.15) is 23.5 Å². The summed E-state index contributed by atoms with van der Waals surface area (Å²) in [6, 6.07) is -1.02. The third-order valence-electron chi connectivity index (χ3n) is 3.75. The van der Waals surface area contributed by atoms with Crippen LogP contribution in [0.1, 0.15) is 53.4 Å². The number of rotatable bonds is 16. The number of carbonyl (C=O) groups excluding carboxylic acids is 4. The van der Waals surface area contributed by atoms with Gasteiger partial charge in [-0.3, -0.25) is 19.2 Å². The topological polar surface area (TPSA) is 116 Å². The van der Waals surface area contributed by atoms with Gasteiger partial charge in [-0.25, -0.2) is 0 Å². The molecule has 0 fully saturated rings. The van der Waals surface area contributed by atoms with Gasteiger partial charge in [0.05, 0.1) is 0 Å². The van der Waals surface area contributed by atoms with Gasteiger partial charge in [-0.15, -0.1) is 0 Å². The zero-order valence-electron chi connectivity index (χ0n) is 18.0. The van der Waals surface area contributed by atoms with E-state index in [1.165, 1.54) is 13.8 Å². The van der Waals surface area contributed by atoms with E-state index >= 15 is 0 Å². The molecule has 4 amide bonds. The molecule has 0 radical (unpaired) electrons. The molecule has 4 N–H and O–H groups in total. The predicted molar refractivity (Wildman–Crippen MR) is 121 cm³/mol. The molecule has 2 unspecified atom stereocenters. The maximum absolute atomic E-state index is 12.1. The highest BCUT2D eigenvalue weighted by Crippen LogP contribution is 2.15. The van der Waals surface area contributed by atoms with Crippen molar-refractivity contribution < 1.29 is 19.2 Å². The number of hydrogen-bond acceptors (Lipinski definition) is 6. The summed E-state index contributed by atoms with van der Waals surface area (Å²) < 4.78 is 0. The van der Waals surface area contributed by atoms with Crippen LogP contribution in [0.15, 0.2) is 0 Å². The van der Waals surface area contributed by atoms with Crippen molar-refractivity contribution in [2.45, 2.75) is 65.5 Å². The van der Waals surface area contributed by atoms with Gasteiger partial charge in [0.2, 0.25) is 23.6 Å². The monoisotopic (exact) mass is 448 g/mol. The fourth-order valence-electron chi connectivity index (χ4n) is 2.35. The quantitative estimate of drug-likeness (QED) is 0.209. The Morgan fingerprint density at radius 3 is 1.41 bits per heavy atom. The van der Waals surface area contributed by atoms with Crippen molar-refractivity contribution in [2.24, 2.45) is 0 Å². The Morgan fingerprint density at radius 1 is 0.724 bits per heavy atom.